The van der Waals surface area contributed by atoms with Gasteiger partial charge in [-0.25, -0.2) is 0 Å². The van der Waals surface area contributed by atoms with E-state index in [4.69, 9.17) is 10.00 Å². The summed E-state index contributed by atoms with van der Waals surface area (Å²) in [5.41, 5.74) is 0.461. The lowest BCUT2D eigenvalue weighted by atomic mass is 9.97. The van der Waals surface area contributed by atoms with Crippen LogP contribution < -0.4 is 4.74 Å². The van der Waals surface area contributed by atoms with E-state index in [1.54, 1.807) is 24.3 Å². The van der Waals surface area contributed by atoms with E-state index in [0.29, 0.717) is 24.3 Å². The SMILES string of the molecule is N#Cc1ccc(OCC(=O)N2CCC[C@@H](C(F)(F)F)C2)cc1. The Morgan fingerprint density at radius 2 is 2.05 bits per heavy atom. The molecule has 2 rings (SSSR count). The number of nitrogens with zero attached hydrogens (tertiary/aromatic N) is 2. The van der Waals surface area contributed by atoms with E-state index in [0.717, 1.165) is 0 Å². The van der Waals surface area contributed by atoms with Crippen LogP contribution in [0.1, 0.15) is 18.4 Å². The monoisotopic (exact) mass is 312 g/mol. The Hall–Kier alpha value is -2.23. The van der Waals surface area contributed by atoms with Crippen LogP contribution >= 0.6 is 0 Å². The molecule has 118 valence electrons. The van der Waals surface area contributed by atoms with Crippen LogP contribution in [0, 0.1) is 17.2 Å². The normalized spacial score (nSPS) is 18.6. The fourth-order valence-corrected chi connectivity index (χ4v) is 2.33. The van der Waals surface area contributed by atoms with E-state index in [9.17, 15) is 18.0 Å². The number of carbonyl (C=O) groups excluding carboxylic acids is 1. The standard InChI is InChI=1S/C15H15F3N2O2/c16-15(17,18)12-2-1-7-20(9-12)14(21)10-22-13-5-3-11(8-19)4-6-13/h3-6,12H,1-2,7,9-10H2/t12-/m1/s1. The fourth-order valence-electron chi connectivity index (χ4n) is 2.33. The van der Waals surface area contributed by atoms with Crippen LogP contribution in [0.25, 0.3) is 0 Å². The zero-order valence-corrected chi connectivity index (χ0v) is 11.8. The van der Waals surface area contributed by atoms with Crippen molar-refractivity contribution in [1.82, 2.24) is 4.90 Å². The van der Waals surface area contributed by atoms with E-state index in [2.05, 4.69) is 0 Å². The molecule has 4 nitrogen and oxygen atoms in total. The summed E-state index contributed by atoms with van der Waals surface area (Å²) in [4.78, 5) is 13.1. The summed E-state index contributed by atoms with van der Waals surface area (Å²) in [5, 5.41) is 8.66. The van der Waals surface area contributed by atoms with Crippen molar-refractivity contribution in [3.63, 3.8) is 0 Å². The Labute approximate surface area is 126 Å². The van der Waals surface area contributed by atoms with Crippen LogP contribution in [-0.4, -0.2) is 36.7 Å². The third kappa shape index (κ3) is 4.13. The molecule has 1 heterocycles. The molecule has 1 aliphatic heterocycles. The van der Waals surface area contributed by atoms with Gasteiger partial charge in [0.25, 0.3) is 5.91 Å². The molecule has 0 N–H and O–H groups in total. The molecule has 0 unspecified atom stereocenters. The maximum Gasteiger partial charge on any atom is 0.393 e. The van der Waals surface area contributed by atoms with Crippen molar-refractivity contribution < 1.29 is 22.7 Å². The molecule has 1 fully saturated rings. The molecule has 0 bridgehead atoms. The van der Waals surface area contributed by atoms with Gasteiger partial charge in [-0.2, -0.15) is 18.4 Å². The molecule has 1 aromatic rings. The van der Waals surface area contributed by atoms with E-state index < -0.39 is 18.0 Å². The lowest BCUT2D eigenvalue weighted by Gasteiger charge is -2.33. The third-order valence-corrected chi connectivity index (χ3v) is 3.58. The summed E-state index contributed by atoms with van der Waals surface area (Å²) >= 11 is 0. The van der Waals surface area contributed by atoms with Gasteiger partial charge in [0.1, 0.15) is 5.75 Å². The molecular weight excluding hydrogens is 297 g/mol. The second-order valence-electron chi connectivity index (χ2n) is 5.15. The van der Waals surface area contributed by atoms with Crippen molar-refractivity contribution in [2.24, 2.45) is 5.92 Å². The Morgan fingerprint density at radius 1 is 1.36 bits per heavy atom. The number of carbonyl (C=O) groups is 1. The van der Waals surface area contributed by atoms with Gasteiger partial charge < -0.3 is 9.64 Å². The van der Waals surface area contributed by atoms with Crippen LogP contribution in [0.5, 0.6) is 5.75 Å². The molecule has 1 saturated heterocycles. The molecule has 1 aliphatic rings. The molecule has 7 heteroatoms. The van der Waals surface area contributed by atoms with Crippen LogP contribution in [0.2, 0.25) is 0 Å². The number of nitriles is 1. The Bertz CT molecular complexity index is 564. The van der Waals surface area contributed by atoms with Crippen molar-refractivity contribution in [1.29, 1.82) is 5.26 Å². The molecule has 0 aliphatic carbocycles. The maximum atomic E-state index is 12.7. The lowest BCUT2D eigenvalue weighted by molar-refractivity contribution is -0.188. The first-order valence-electron chi connectivity index (χ1n) is 6.87. The van der Waals surface area contributed by atoms with Gasteiger partial charge in [0.2, 0.25) is 0 Å². The van der Waals surface area contributed by atoms with Crippen molar-refractivity contribution in [2.45, 2.75) is 19.0 Å². The molecule has 0 aromatic heterocycles. The van der Waals surface area contributed by atoms with E-state index in [1.807, 2.05) is 6.07 Å². The molecule has 0 radical (unpaired) electrons. The second-order valence-corrected chi connectivity index (χ2v) is 5.15. The molecule has 22 heavy (non-hydrogen) atoms. The average Bonchev–Trinajstić information content (AvgIpc) is 2.52. The summed E-state index contributed by atoms with van der Waals surface area (Å²) in [6.45, 7) is -0.294. The number of rotatable bonds is 3. The first kappa shape index (κ1) is 16.1. The number of ether oxygens (including phenoxy) is 1. The molecule has 1 atom stereocenters. The highest BCUT2D eigenvalue weighted by atomic mass is 19.4. The number of alkyl halides is 3. The van der Waals surface area contributed by atoms with Gasteiger partial charge in [-0.15, -0.1) is 0 Å². The van der Waals surface area contributed by atoms with Gasteiger partial charge in [-0.3, -0.25) is 4.79 Å². The van der Waals surface area contributed by atoms with Crippen molar-refractivity contribution in [2.75, 3.05) is 19.7 Å². The fraction of sp³-hybridized carbons (Fsp3) is 0.467. The average molecular weight is 312 g/mol. The smallest absolute Gasteiger partial charge is 0.393 e. The molecule has 1 amide bonds. The second kappa shape index (κ2) is 6.69. The van der Waals surface area contributed by atoms with Gasteiger partial charge in [0.05, 0.1) is 17.6 Å². The Morgan fingerprint density at radius 3 is 2.64 bits per heavy atom. The minimum atomic E-state index is -4.27. The van der Waals surface area contributed by atoms with Gasteiger partial charge in [-0.1, -0.05) is 0 Å². The number of likely N-dealkylation sites (tertiary alicyclic amines) is 1. The van der Waals surface area contributed by atoms with E-state index in [1.165, 1.54) is 4.90 Å². The number of benzene rings is 1. The van der Waals surface area contributed by atoms with Crippen molar-refractivity contribution >= 4 is 5.91 Å². The topological polar surface area (TPSA) is 53.3 Å². The molecular formula is C15H15F3N2O2. The largest absolute Gasteiger partial charge is 0.484 e. The van der Waals surface area contributed by atoms with Crippen LogP contribution in [-0.2, 0) is 4.79 Å². The van der Waals surface area contributed by atoms with Gasteiger partial charge in [0.15, 0.2) is 6.61 Å². The summed E-state index contributed by atoms with van der Waals surface area (Å²) in [5.74, 6) is -1.52. The van der Waals surface area contributed by atoms with E-state index in [-0.39, 0.29) is 19.6 Å². The highest BCUT2D eigenvalue weighted by Crippen LogP contribution is 2.33. The number of amides is 1. The van der Waals surface area contributed by atoms with Crippen LogP contribution in [0.4, 0.5) is 13.2 Å². The van der Waals surface area contributed by atoms with Crippen molar-refractivity contribution in [3.8, 4) is 11.8 Å². The minimum Gasteiger partial charge on any atom is -0.484 e. The first-order chi connectivity index (χ1) is 10.4. The molecule has 1 aromatic carbocycles. The lowest BCUT2D eigenvalue weighted by Crippen LogP contribution is -2.46. The number of piperidine rings is 1. The zero-order chi connectivity index (χ0) is 16.2. The van der Waals surface area contributed by atoms with Gasteiger partial charge >= 0.3 is 6.18 Å². The summed E-state index contributed by atoms with van der Waals surface area (Å²) in [6.07, 6.45) is -3.87. The molecule has 0 spiro atoms. The predicted octanol–water partition coefficient (Wildman–Crippen LogP) is 2.74. The number of hydrogen-bond acceptors (Lipinski definition) is 3. The maximum absolute atomic E-state index is 12.7. The van der Waals surface area contributed by atoms with Gasteiger partial charge in [0, 0.05) is 13.1 Å². The predicted molar refractivity (Wildman–Crippen MR) is 72.0 cm³/mol. The minimum absolute atomic E-state index is 0.0593. The zero-order valence-electron chi connectivity index (χ0n) is 11.8. The summed E-state index contributed by atoms with van der Waals surface area (Å²) in [6, 6.07) is 8.12. The van der Waals surface area contributed by atoms with Crippen molar-refractivity contribution in [3.05, 3.63) is 29.8 Å². The quantitative estimate of drug-likeness (QED) is 0.862. The number of halogens is 3. The summed E-state index contributed by atoms with van der Waals surface area (Å²) in [7, 11) is 0. The Balaban J connectivity index is 1.87. The highest BCUT2D eigenvalue weighted by molar-refractivity contribution is 5.77. The Kier molecular flexibility index (Phi) is 4.91. The molecule has 0 saturated carbocycles. The highest BCUT2D eigenvalue weighted by Gasteiger charge is 2.42. The van der Waals surface area contributed by atoms with E-state index >= 15 is 0 Å². The van der Waals surface area contributed by atoms with Gasteiger partial charge in [-0.05, 0) is 37.1 Å². The summed E-state index contributed by atoms with van der Waals surface area (Å²) < 4.78 is 43.4. The third-order valence-electron chi connectivity index (χ3n) is 3.58. The van der Waals surface area contributed by atoms with Crippen LogP contribution in [0.15, 0.2) is 24.3 Å². The number of hydrogen-bond donors (Lipinski definition) is 0. The van der Waals surface area contributed by atoms with Crippen LogP contribution in [0.3, 0.4) is 0 Å². The first-order valence-corrected chi connectivity index (χ1v) is 6.87.